The molecule has 2 nitrogen and oxygen atoms in total. The van der Waals surface area contributed by atoms with Crippen LogP contribution in [0, 0.1) is 6.92 Å². The lowest BCUT2D eigenvalue weighted by atomic mass is 10.2. The van der Waals surface area contributed by atoms with Gasteiger partial charge in [0.2, 0.25) is 0 Å². The summed E-state index contributed by atoms with van der Waals surface area (Å²) >= 11 is 5.78. The molecule has 1 heterocycles. The van der Waals surface area contributed by atoms with Gasteiger partial charge in [0.25, 0.3) is 0 Å². The number of nitrogens with two attached hydrogens (primary N) is 1. The van der Waals surface area contributed by atoms with Crippen LogP contribution in [0.3, 0.4) is 0 Å². The number of fused-ring (bicyclic) bond motifs is 1. The van der Waals surface area contributed by atoms with Gasteiger partial charge < -0.3 is 10.2 Å². The molecule has 0 saturated heterocycles. The summed E-state index contributed by atoms with van der Waals surface area (Å²) in [4.78, 5) is 0. The fraction of sp³-hybridized carbons (Fsp3) is 0.111. The summed E-state index contributed by atoms with van der Waals surface area (Å²) in [7, 11) is 0. The smallest absolute Gasteiger partial charge is 0.194 e. The molecule has 0 saturated carbocycles. The van der Waals surface area contributed by atoms with Crippen LogP contribution in [-0.2, 0) is 0 Å². The van der Waals surface area contributed by atoms with Gasteiger partial charge in [-0.15, -0.1) is 0 Å². The van der Waals surface area contributed by atoms with Crippen molar-refractivity contribution in [2.75, 3.05) is 5.73 Å². The molecule has 1 aromatic carbocycles. The molecule has 0 spiro atoms. The van der Waals surface area contributed by atoms with E-state index < -0.39 is 0 Å². The lowest BCUT2D eigenvalue weighted by Crippen LogP contribution is -1.81. The number of anilines is 1. The summed E-state index contributed by atoms with van der Waals surface area (Å²) in [6.07, 6.45) is 0. The molecule has 2 aromatic rings. The molecule has 0 radical (unpaired) electrons. The van der Waals surface area contributed by atoms with Gasteiger partial charge in [-0.3, -0.25) is 0 Å². The van der Waals surface area contributed by atoms with E-state index in [0.717, 1.165) is 16.5 Å². The lowest BCUT2D eigenvalue weighted by molar-refractivity contribution is 0.635. The Kier molecular flexibility index (Phi) is 1.51. The maximum Gasteiger partial charge on any atom is 0.194 e. The average Bonchev–Trinajstić information content (AvgIpc) is 2.28. The van der Waals surface area contributed by atoms with Gasteiger partial charge in [-0.2, -0.15) is 0 Å². The second kappa shape index (κ2) is 2.42. The Morgan fingerprint density at radius 3 is 2.92 bits per heavy atom. The molecule has 0 amide bonds. The molecule has 0 unspecified atom stereocenters. The molecule has 0 fully saturated rings. The Morgan fingerprint density at radius 1 is 1.42 bits per heavy atom. The quantitative estimate of drug-likeness (QED) is 0.679. The summed E-state index contributed by atoms with van der Waals surface area (Å²) in [6, 6.07) is 5.50. The van der Waals surface area contributed by atoms with Crippen molar-refractivity contribution in [2.24, 2.45) is 0 Å². The van der Waals surface area contributed by atoms with Gasteiger partial charge in [0.05, 0.1) is 0 Å². The van der Waals surface area contributed by atoms with Crippen molar-refractivity contribution in [3.63, 3.8) is 0 Å². The lowest BCUT2D eigenvalue weighted by Gasteiger charge is -1.88. The first-order valence-electron chi connectivity index (χ1n) is 3.62. The fourth-order valence-electron chi connectivity index (χ4n) is 1.22. The Labute approximate surface area is 74.9 Å². The van der Waals surface area contributed by atoms with Gasteiger partial charge in [-0.05, 0) is 19.1 Å². The standard InChI is InChI=1S/C9H8ClNO/c1-5-7-3-2-6(10)4-8(7)12-9(5)11/h2-4H,11H2,1H3. The third kappa shape index (κ3) is 0.959. The number of benzene rings is 1. The first-order valence-corrected chi connectivity index (χ1v) is 4.00. The van der Waals surface area contributed by atoms with E-state index in [2.05, 4.69) is 0 Å². The van der Waals surface area contributed by atoms with Gasteiger partial charge in [0.15, 0.2) is 5.88 Å². The van der Waals surface area contributed by atoms with Crippen molar-refractivity contribution < 1.29 is 4.42 Å². The topological polar surface area (TPSA) is 39.2 Å². The van der Waals surface area contributed by atoms with Gasteiger partial charge in [0.1, 0.15) is 5.58 Å². The van der Waals surface area contributed by atoms with E-state index in [9.17, 15) is 0 Å². The van der Waals surface area contributed by atoms with Crippen molar-refractivity contribution in [2.45, 2.75) is 6.92 Å². The molecule has 62 valence electrons. The van der Waals surface area contributed by atoms with E-state index in [4.69, 9.17) is 21.8 Å². The number of hydrogen-bond donors (Lipinski definition) is 1. The van der Waals surface area contributed by atoms with Crippen LogP contribution in [0.2, 0.25) is 5.02 Å². The molecule has 1 aromatic heterocycles. The zero-order valence-electron chi connectivity index (χ0n) is 6.60. The van der Waals surface area contributed by atoms with Gasteiger partial charge >= 0.3 is 0 Å². The van der Waals surface area contributed by atoms with E-state index in [1.807, 2.05) is 19.1 Å². The van der Waals surface area contributed by atoms with Crippen LogP contribution < -0.4 is 5.73 Å². The van der Waals surface area contributed by atoms with Crippen molar-refractivity contribution in [1.29, 1.82) is 0 Å². The molecule has 12 heavy (non-hydrogen) atoms. The molecular formula is C9H8ClNO. The highest BCUT2D eigenvalue weighted by Gasteiger charge is 2.06. The van der Waals surface area contributed by atoms with Crippen LogP contribution in [0.25, 0.3) is 11.0 Å². The van der Waals surface area contributed by atoms with Gasteiger partial charge in [-0.25, -0.2) is 0 Å². The maximum atomic E-state index is 5.78. The number of aryl methyl sites for hydroxylation is 1. The molecule has 0 aliphatic rings. The zero-order chi connectivity index (χ0) is 8.72. The van der Waals surface area contributed by atoms with Crippen molar-refractivity contribution in [3.05, 3.63) is 28.8 Å². The first-order chi connectivity index (χ1) is 5.68. The van der Waals surface area contributed by atoms with Crippen LogP contribution in [0.4, 0.5) is 5.88 Å². The number of nitrogen functional groups attached to an aromatic ring is 1. The molecule has 3 heteroatoms. The van der Waals surface area contributed by atoms with Crippen LogP contribution in [0.5, 0.6) is 0 Å². The van der Waals surface area contributed by atoms with Gasteiger partial charge in [-0.1, -0.05) is 11.6 Å². The molecule has 2 rings (SSSR count). The van der Waals surface area contributed by atoms with Crippen molar-refractivity contribution in [3.8, 4) is 0 Å². The minimum Gasteiger partial charge on any atom is -0.441 e. The van der Waals surface area contributed by atoms with E-state index >= 15 is 0 Å². The highest BCUT2D eigenvalue weighted by Crippen LogP contribution is 2.28. The summed E-state index contributed by atoms with van der Waals surface area (Å²) in [5, 5.41) is 1.69. The zero-order valence-corrected chi connectivity index (χ0v) is 7.35. The first kappa shape index (κ1) is 7.50. The normalized spacial score (nSPS) is 10.8. The second-order valence-electron chi connectivity index (χ2n) is 2.73. The summed E-state index contributed by atoms with van der Waals surface area (Å²) in [6.45, 7) is 1.93. The Morgan fingerprint density at radius 2 is 2.17 bits per heavy atom. The van der Waals surface area contributed by atoms with E-state index in [0.29, 0.717) is 10.9 Å². The Bertz CT molecular complexity index is 433. The Hall–Kier alpha value is -1.15. The summed E-state index contributed by atoms with van der Waals surface area (Å²) in [5.74, 6) is 0.465. The van der Waals surface area contributed by atoms with Crippen LogP contribution in [-0.4, -0.2) is 0 Å². The Balaban J connectivity index is 2.87. The third-order valence-electron chi connectivity index (χ3n) is 1.94. The van der Waals surface area contributed by atoms with Gasteiger partial charge in [0, 0.05) is 22.0 Å². The van der Waals surface area contributed by atoms with E-state index in [1.54, 1.807) is 6.07 Å². The molecule has 0 aliphatic heterocycles. The van der Waals surface area contributed by atoms with E-state index in [1.165, 1.54) is 0 Å². The highest BCUT2D eigenvalue weighted by molar-refractivity contribution is 6.31. The number of halogens is 1. The second-order valence-corrected chi connectivity index (χ2v) is 3.17. The number of rotatable bonds is 0. The number of furan rings is 1. The van der Waals surface area contributed by atoms with Crippen LogP contribution >= 0.6 is 11.6 Å². The SMILES string of the molecule is Cc1c(N)oc2cc(Cl)ccc12. The summed E-state index contributed by atoms with van der Waals surface area (Å²) in [5.41, 5.74) is 7.31. The molecule has 0 bridgehead atoms. The van der Waals surface area contributed by atoms with Crippen molar-refractivity contribution in [1.82, 2.24) is 0 Å². The fourth-order valence-corrected chi connectivity index (χ4v) is 1.38. The predicted octanol–water partition coefficient (Wildman–Crippen LogP) is 2.98. The van der Waals surface area contributed by atoms with Crippen LogP contribution in [0.1, 0.15) is 5.56 Å². The van der Waals surface area contributed by atoms with E-state index in [-0.39, 0.29) is 0 Å². The average molecular weight is 182 g/mol. The number of hydrogen-bond acceptors (Lipinski definition) is 2. The monoisotopic (exact) mass is 181 g/mol. The van der Waals surface area contributed by atoms with Crippen molar-refractivity contribution >= 4 is 28.5 Å². The maximum absolute atomic E-state index is 5.78. The molecular weight excluding hydrogens is 174 g/mol. The largest absolute Gasteiger partial charge is 0.441 e. The molecule has 2 N–H and O–H groups in total. The molecule has 0 atom stereocenters. The minimum absolute atomic E-state index is 0.465. The minimum atomic E-state index is 0.465. The molecule has 0 aliphatic carbocycles. The summed E-state index contributed by atoms with van der Waals surface area (Å²) < 4.78 is 5.27. The predicted molar refractivity (Wildman–Crippen MR) is 50.4 cm³/mol. The highest BCUT2D eigenvalue weighted by atomic mass is 35.5. The van der Waals surface area contributed by atoms with Crippen LogP contribution in [0.15, 0.2) is 22.6 Å². The third-order valence-corrected chi connectivity index (χ3v) is 2.17.